The van der Waals surface area contributed by atoms with E-state index in [-0.39, 0.29) is 0 Å². The van der Waals surface area contributed by atoms with E-state index in [1.54, 1.807) is 19.2 Å². The van der Waals surface area contributed by atoms with Gasteiger partial charge in [-0.25, -0.2) is 4.79 Å². The fourth-order valence-corrected chi connectivity index (χ4v) is 0.738. The average Bonchev–Trinajstić information content (AvgIpc) is 2.00. The smallest absolute Gasteiger partial charge is 0.413 e. The summed E-state index contributed by atoms with van der Waals surface area (Å²) >= 11 is 0. The molecule has 0 saturated heterocycles. The van der Waals surface area contributed by atoms with Crippen LogP contribution in [-0.4, -0.2) is 24.6 Å². The summed E-state index contributed by atoms with van der Waals surface area (Å²) in [6.07, 6.45) is 3.00. The summed E-state index contributed by atoms with van der Waals surface area (Å²) in [5, 5.41) is 2.53. The molecule has 14 heavy (non-hydrogen) atoms. The number of rotatable bonds is 1. The summed E-state index contributed by atoms with van der Waals surface area (Å²) in [7, 11) is 1.60. The van der Waals surface area contributed by atoms with E-state index in [1.807, 2.05) is 27.7 Å². The first-order valence-corrected chi connectivity index (χ1v) is 4.48. The first kappa shape index (κ1) is 12.7. The SMILES string of the molecule is C/C=C\C(=NC)NC(=O)OC(C)(C)C. The molecule has 4 nitrogen and oxygen atoms in total. The molecule has 0 aromatic rings. The highest BCUT2D eigenvalue weighted by atomic mass is 16.6. The number of carbonyl (C=O) groups is 1. The largest absolute Gasteiger partial charge is 0.444 e. The first-order chi connectivity index (χ1) is 6.39. The lowest BCUT2D eigenvalue weighted by Gasteiger charge is -2.19. The van der Waals surface area contributed by atoms with Crippen LogP contribution in [0.15, 0.2) is 17.1 Å². The predicted octanol–water partition coefficient (Wildman–Crippen LogP) is 2.12. The topological polar surface area (TPSA) is 50.7 Å². The number of alkyl carbamates (subject to hydrolysis) is 1. The Balaban J connectivity index is 4.19. The molecule has 0 spiro atoms. The number of ether oxygens (including phenoxy) is 1. The van der Waals surface area contributed by atoms with E-state index in [0.717, 1.165) is 0 Å². The Morgan fingerprint density at radius 3 is 2.36 bits per heavy atom. The molecule has 0 bridgehead atoms. The predicted molar refractivity (Wildman–Crippen MR) is 57.5 cm³/mol. The van der Waals surface area contributed by atoms with E-state index in [2.05, 4.69) is 10.3 Å². The molecule has 0 aromatic carbocycles. The van der Waals surface area contributed by atoms with Gasteiger partial charge in [0.1, 0.15) is 11.4 Å². The standard InChI is InChI=1S/C10H18N2O2/c1-6-7-8(11-5)12-9(13)14-10(2,3)4/h6-7H,1-5H3,(H,11,12,13)/b7-6-. The van der Waals surface area contributed by atoms with Crippen LogP contribution in [0.1, 0.15) is 27.7 Å². The maximum atomic E-state index is 11.3. The Hall–Kier alpha value is -1.32. The minimum Gasteiger partial charge on any atom is -0.444 e. The van der Waals surface area contributed by atoms with E-state index in [0.29, 0.717) is 5.84 Å². The van der Waals surface area contributed by atoms with Crippen LogP contribution in [0.5, 0.6) is 0 Å². The van der Waals surface area contributed by atoms with Crippen molar-refractivity contribution in [2.24, 2.45) is 4.99 Å². The molecule has 0 unspecified atom stereocenters. The van der Waals surface area contributed by atoms with Crippen molar-refractivity contribution in [2.45, 2.75) is 33.3 Å². The number of allylic oxidation sites excluding steroid dienone is 1. The molecule has 0 aliphatic rings. The van der Waals surface area contributed by atoms with Crippen LogP contribution in [0.25, 0.3) is 0 Å². The highest BCUT2D eigenvalue weighted by Crippen LogP contribution is 2.06. The highest BCUT2D eigenvalue weighted by molar-refractivity contribution is 6.02. The number of hydrogen-bond donors (Lipinski definition) is 1. The molecule has 80 valence electrons. The average molecular weight is 198 g/mol. The van der Waals surface area contributed by atoms with E-state index in [9.17, 15) is 4.79 Å². The fraction of sp³-hybridized carbons (Fsp3) is 0.600. The third-order valence-corrected chi connectivity index (χ3v) is 1.19. The normalized spacial score (nSPS) is 13.1. The van der Waals surface area contributed by atoms with Gasteiger partial charge in [0, 0.05) is 7.05 Å². The van der Waals surface area contributed by atoms with Gasteiger partial charge in [0.05, 0.1) is 0 Å². The van der Waals surface area contributed by atoms with E-state index < -0.39 is 11.7 Å². The second-order valence-electron chi connectivity index (χ2n) is 3.74. The quantitative estimate of drug-likeness (QED) is 0.518. The third-order valence-electron chi connectivity index (χ3n) is 1.19. The van der Waals surface area contributed by atoms with Gasteiger partial charge in [-0.2, -0.15) is 0 Å². The van der Waals surface area contributed by atoms with Crippen molar-refractivity contribution in [1.29, 1.82) is 0 Å². The lowest BCUT2D eigenvalue weighted by molar-refractivity contribution is 0.0563. The van der Waals surface area contributed by atoms with Crippen LogP contribution in [0, 0.1) is 0 Å². The summed E-state index contributed by atoms with van der Waals surface area (Å²) in [4.78, 5) is 15.1. The van der Waals surface area contributed by atoms with Crippen molar-refractivity contribution >= 4 is 11.9 Å². The molecule has 1 N–H and O–H groups in total. The Labute approximate surface area is 85.1 Å². The third kappa shape index (κ3) is 6.22. The second-order valence-corrected chi connectivity index (χ2v) is 3.74. The van der Waals surface area contributed by atoms with Gasteiger partial charge in [0.15, 0.2) is 0 Å². The van der Waals surface area contributed by atoms with Gasteiger partial charge in [-0.1, -0.05) is 6.08 Å². The maximum Gasteiger partial charge on any atom is 0.413 e. The molecular weight excluding hydrogens is 180 g/mol. The molecule has 0 radical (unpaired) electrons. The van der Waals surface area contributed by atoms with Crippen LogP contribution in [0.4, 0.5) is 4.79 Å². The second kappa shape index (κ2) is 5.42. The number of hydrogen-bond acceptors (Lipinski definition) is 3. The molecule has 0 saturated carbocycles. The van der Waals surface area contributed by atoms with Crippen molar-refractivity contribution in [1.82, 2.24) is 5.32 Å². The molecule has 0 fully saturated rings. The van der Waals surface area contributed by atoms with E-state index >= 15 is 0 Å². The van der Waals surface area contributed by atoms with Crippen LogP contribution in [0.3, 0.4) is 0 Å². The Morgan fingerprint density at radius 1 is 1.43 bits per heavy atom. The fourth-order valence-electron chi connectivity index (χ4n) is 0.738. The van der Waals surface area contributed by atoms with Crippen LogP contribution in [0.2, 0.25) is 0 Å². The summed E-state index contributed by atoms with van der Waals surface area (Å²) in [5.41, 5.74) is -0.487. The Kier molecular flexibility index (Phi) is 4.91. The summed E-state index contributed by atoms with van der Waals surface area (Å²) in [6, 6.07) is 0. The molecule has 0 atom stereocenters. The van der Waals surface area contributed by atoms with Gasteiger partial charge in [-0.15, -0.1) is 0 Å². The summed E-state index contributed by atoms with van der Waals surface area (Å²) < 4.78 is 5.05. The van der Waals surface area contributed by atoms with Gasteiger partial charge < -0.3 is 4.74 Å². The van der Waals surface area contributed by atoms with E-state index in [4.69, 9.17) is 4.74 Å². The van der Waals surface area contributed by atoms with Gasteiger partial charge >= 0.3 is 6.09 Å². The highest BCUT2D eigenvalue weighted by Gasteiger charge is 2.16. The lowest BCUT2D eigenvalue weighted by atomic mass is 10.2. The van der Waals surface area contributed by atoms with Crippen LogP contribution >= 0.6 is 0 Å². The summed E-state index contributed by atoms with van der Waals surface area (Å²) in [5.74, 6) is 0.488. The number of amidine groups is 1. The molecule has 4 heteroatoms. The van der Waals surface area contributed by atoms with Crippen molar-refractivity contribution in [3.05, 3.63) is 12.2 Å². The van der Waals surface area contributed by atoms with Gasteiger partial charge in [0.25, 0.3) is 0 Å². The molecule has 0 aliphatic heterocycles. The first-order valence-electron chi connectivity index (χ1n) is 4.48. The minimum absolute atomic E-state index is 0.487. The number of nitrogens with one attached hydrogen (secondary N) is 1. The van der Waals surface area contributed by atoms with Crippen molar-refractivity contribution in [3.8, 4) is 0 Å². The van der Waals surface area contributed by atoms with Crippen LogP contribution < -0.4 is 5.32 Å². The molecule has 1 amide bonds. The van der Waals surface area contributed by atoms with Gasteiger partial charge in [0.2, 0.25) is 0 Å². The van der Waals surface area contributed by atoms with E-state index in [1.165, 1.54) is 0 Å². The molecule has 0 aliphatic carbocycles. The zero-order valence-corrected chi connectivity index (χ0v) is 9.42. The molecule has 0 rings (SSSR count). The number of amides is 1. The zero-order valence-electron chi connectivity index (χ0n) is 9.42. The minimum atomic E-state index is -0.490. The monoisotopic (exact) mass is 198 g/mol. The molecular formula is C10H18N2O2. The zero-order chi connectivity index (χ0) is 11.2. The van der Waals surface area contributed by atoms with Gasteiger partial charge in [-0.05, 0) is 33.8 Å². The maximum absolute atomic E-state index is 11.3. The molecule has 0 heterocycles. The summed E-state index contributed by atoms with van der Waals surface area (Å²) in [6.45, 7) is 7.28. The van der Waals surface area contributed by atoms with Crippen molar-refractivity contribution in [3.63, 3.8) is 0 Å². The Bertz CT molecular complexity index is 249. The Morgan fingerprint density at radius 2 is 2.00 bits per heavy atom. The number of nitrogens with zero attached hydrogens (tertiary/aromatic N) is 1. The van der Waals surface area contributed by atoms with Crippen LogP contribution in [-0.2, 0) is 4.74 Å². The number of carbonyl (C=O) groups excluding carboxylic acids is 1. The molecule has 0 aromatic heterocycles. The van der Waals surface area contributed by atoms with Crippen molar-refractivity contribution < 1.29 is 9.53 Å². The van der Waals surface area contributed by atoms with Gasteiger partial charge in [-0.3, -0.25) is 10.3 Å². The number of aliphatic imine (C=N–C) groups is 1. The van der Waals surface area contributed by atoms with Crippen molar-refractivity contribution in [2.75, 3.05) is 7.05 Å². The lowest BCUT2D eigenvalue weighted by Crippen LogP contribution is -2.35.